The standard InChI is InChI=1S/C16H24ClN3O/c1-3-13-14(15(17)19(2)18-13)16(21)20(10-12-6-7-12)9-8-11-4-5-11/h11-12H,3-10H2,1-2H3. The zero-order valence-corrected chi connectivity index (χ0v) is 13.7. The minimum atomic E-state index is 0.0810. The second kappa shape index (κ2) is 5.99. The Kier molecular flexibility index (Phi) is 4.25. The highest BCUT2D eigenvalue weighted by atomic mass is 35.5. The number of aryl methyl sites for hydroxylation is 2. The number of carbonyl (C=O) groups is 1. The lowest BCUT2D eigenvalue weighted by Crippen LogP contribution is -2.34. The van der Waals surface area contributed by atoms with Crippen LogP contribution in [0.3, 0.4) is 0 Å². The molecule has 2 aliphatic rings. The molecule has 21 heavy (non-hydrogen) atoms. The first-order valence-corrected chi connectivity index (χ1v) is 8.48. The van der Waals surface area contributed by atoms with E-state index in [1.807, 2.05) is 11.8 Å². The normalized spacial score (nSPS) is 18.0. The Bertz CT molecular complexity index is 532. The number of hydrogen-bond acceptors (Lipinski definition) is 2. The van der Waals surface area contributed by atoms with E-state index < -0.39 is 0 Å². The molecule has 0 bridgehead atoms. The van der Waals surface area contributed by atoms with Gasteiger partial charge in [0.1, 0.15) is 5.15 Å². The van der Waals surface area contributed by atoms with Crippen LogP contribution < -0.4 is 0 Å². The Hall–Kier alpha value is -1.03. The number of rotatable bonds is 7. The van der Waals surface area contributed by atoms with E-state index in [9.17, 15) is 4.79 Å². The van der Waals surface area contributed by atoms with Gasteiger partial charge in [0.05, 0.1) is 11.3 Å². The highest BCUT2D eigenvalue weighted by Gasteiger charge is 2.32. The fourth-order valence-electron chi connectivity index (χ4n) is 2.81. The van der Waals surface area contributed by atoms with Gasteiger partial charge in [0.2, 0.25) is 0 Å². The molecule has 0 atom stereocenters. The maximum atomic E-state index is 12.9. The number of aromatic nitrogens is 2. The first-order valence-electron chi connectivity index (χ1n) is 8.10. The van der Waals surface area contributed by atoms with Crippen molar-refractivity contribution in [2.75, 3.05) is 13.1 Å². The average molecular weight is 310 g/mol. The molecule has 0 radical (unpaired) electrons. The molecule has 0 spiro atoms. The van der Waals surface area contributed by atoms with Crippen molar-refractivity contribution in [2.45, 2.75) is 45.4 Å². The molecule has 0 saturated heterocycles. The van der Waals surface area contributed by atoms with Gasteiger partial charge in [-0.2, -0.15) is 5.10 Å². The topological polar surface area (TPSA) is 38.1 Å². The molecule has 0 aromatic carbocycles. The van der Waals surface area contributed by atoms with Gasteiger partial charge < -0.3 is 4.90 Å². The molecular weight excluding hydrogens is 286 g/mol. The van der Waals surface area contributed by atoms with E-state index >= 15 is 0 Å². The molecule has 2 saturated carbocycles. The smallest absolute Gasteiger partial charge is 0.258 e. The van der Waals surface area contributed by atoms with E-state index in [2.05, 4.69) is 5.10 Å². The molecule has 0 N–H and O–H groups in total. The fourth-order valence-corrected chi connectivity index (χ4v) is 3.03. The van der Waals surface area contributed by atoms with E-state index in [4.69, 9.17) is 11.6 Å². The van der Waals surface area contributed by atoms with Crippen molar-refractivity contribution < 1.29 is 4.79 Å². The SMILES string of the molecule is CCc1nn(C)c(Cl)c1C(=O)N(CCC1CC1)CC1CC1. The molecule has 2 aliphatic carbocycles. The summed E-state index contributed by atoms with van der Waals surface area (Å²) in [5.41, 5.74) is 1.44. The lowest BCUT2D eigenvalue weighted by atomic mass is 10.1. The third kappa shape index (κ3) is 3.42. The van der Waals surface area contributed by atoms with E-state index in [0.717, 1.165) is 37.5 Å². The summed E-state index contributed by atoms with van der Waals surface area (Å²) in [5, 5.41) is 4.85. The number of hydrogen-bond donors (Lipinski definition) is 0. The molecule has 1 aromatic rings. The summed E-state index contributed by atoms with van der Waals surface area (Å²) in [6.45, 7) is 3.78. The summed E-state index contributed by atoms with van der Waals surface area (Å²) in [5.74, 6) is 1.63. The van der Waals surface area contributed by atoms with Crippen LogP contribution in [0.5, 0.6) is 0 Å². The predicted molar refractivity (Wildman–Crippen MR) is 83.6 cm³/mol. The summed E-state index contributed by atoms with van der Waals surface area (Å²) >= 11 is 6.31. The monoisotopic (exact) mass is 309 g/mol. The average Bonchev–Trinajstić information content (AvgIpc) is 3.36. The lowest BCUT2D eigenvalue weighted by Gasteiger charge is -2.23. The van der Waals surface area contributed by atoms with Crippen LogP contribution in [0.25, 0.3) is 0 Å². The van der Waals surface area contributed by atoms with E-state index in [1.165, 1.54) is 25.7 Å². The van der Waals surface area contributed by atoms with Gasteiger partial charge >= 0.3 is 0 Å². The molecule has 3 rings (SSSR count). The molecule has 0 aliphatic heterocycles. The third-order valence-electron chi connectivity index (χ3n) is 4.57. The van der Waals surface area contributed by atoms with Crippen LogP contribution in [-0.4, -0.2) is 33.7 Å². The van der Waals surface area contributed by atoms with Crippen molar-refractivity contribution in [1.29, 1.82) is 0 Å². The molecular formula is C16H24ClN3O. The highest BCUT2D eigenvalue weighted by Crippen LogP contribution is 2.35. The Morgan fingerprint density at radius 3 is 2.57 bits per heavy atom. The second-order valence-electron chi connectivity index (χ2n) is 6.52. The van der Waals surface area contributed by atoms with Crippen molar-refractivity contribution in [2.24, 2.45) is 18.9 Å². The van der Waals surface area contributed by atoms with Crippen molar-refractivity contribution >= 4 is 17.5 Å². The molecule has 116 valence electrons. The molecule has 0 unspecified atom stereocenters. The van der Waals surface area contributed by atoms with Gasteiger partial charge in [0.25, 0.3) is 5.91 Å². The van der Waals surface area contributed by atoms with Crippen LogP contribution in [0.15, 0.2) is 0 Å². The summed E-state index contributed by atoms with van der Waals surface area (Å²) in [4.78, 5) is 15.0. The Morgan fingerprint density at radius 1 is 1.33 bits per heavy atom. The fraction of sp³-hybridized carbons (Fsp3) is 0.750. The van der Waals surface area contributed by atoms with Crippen LogP contribution in [0.2, 0.25) is 5.15 Å². The maximum Gasteiger partial charge on any atom is 0.258 e. The molecule has 5 heteroatoms. The van der Waals surface area contributed by atoms with Crippen molar-refractivity contribution in [3.8, 4) is 0 Å². The number of amides is 1. The van der Waals surface area contributed by atoms with Crippen LogP contribution in [0.4, 0.5) is 0 Å². The summed E-state index contributed by atoms with van der Waals surface area (Å²) in [6.07, 6.45) is 7.06. The molecule has 1 aromatic heterocycles. The quantitative estimate of drug-likeness (QED) is 0.775. The van der Waals surface area contributed by atoms with Crippen molar-refractivity contribution in [3.63, 3.8) is 0 Å². The third-order valence-corrected chi connectivity index (χ3v) is 5.00. The van der Waals surface area contributed by atoms with Crippen LogP contribution in [0, 0.1) is 11.8 Å². The number of carbonyl (C=O) groups excluding carboxylic acids is 1. The van der Waals surface area contributed by atoms with Gasteiger partial charge in [0.15, 0.2) is 0 Å². The van der Waals surface area contributed by atoms with Crippen LogP contribution in [-0.2, 0) is 13.5 Å². The van der Waals surface area contributed by atoms with E-state index in [0.29, 0.717) is 16.6 Å². The van der Waals surface area contributed by atoms with Gasteiger partial charge in [0, 0.05) is 20.1 Å². The molecule has 1 heterocycles. The number of halogens is 1. The highest BCUT2D eigenvalue weighted by molar-refractivity contribution is 6.33. The second-order valence-corrected chi connectivity index (χ2v) is 6.87. The molecule has 2 fully saturated rings. The minimum absolute atomic E-state index is 0.0810. The van der Waals surface area contributed by atoms with Gasteiger partial charge in [-0.05, 0) is 37.5 Å². The number of nitrogens with zero attached hydrogens (tertiary/aromatic N) is 3. The van der Waals surface area contributed by atoms with Crippen LogP contribution >= 0.6 is 11.6 Å². The molecule has 1 amide bonds. The Morgan fingerprint density at radius 2 is 2.00 bits per heavy atom. The molecule has 4 nitrogen and oxygen atoms in total. The zero-order chi connectivity index (χ0) is 15.0. The minimum Gasteiger partial charge on any atom is -0.338 e. The zero-order valence-electron chi connectivity index (χ0n) is 12.9. The first kappa shape index (κ1) is 14.9. The Balaban J connectivity index is 1.77. The largest absolute Gasteiger partial charge is 0.338 e. The first-order chi connectivity index (χ1) is 10.1. The van der Waals surface area contributed by atoms with Gasteiger partial charge in [-0.15, -0.1) is 0 Å². The van der Waals surface area contributed by atoms with Gasteiger partial charge in [-0.1, -0.05) is 31.4 Å². The van der Waals surface area contributed by atoms with Crippen LogP contribution in [0.1, 0.15) is 55.1 Å². The predicted octanol–water partition coefficient (Wildman–Crippen LogP) is 3.29. The van der Waals surface area contributed by atoms with E-state index in [-0.39, 0.29) is 5.91 Å². The van der Waals surface area contributed by atoms with E-state index in [1.54, 1.807) is 11.7 Å². The lowest BCUT2D eigenvalue weighted by molar-refractivity contribution is 0.0742. The van der Waals surface area contributed by atoms with Gasteiger partial charge in [-0.3, -0.25) is 9.48 Å². The maximum absolute atomic E-state index is 12.9. The summed E-state index contributed by atoms with van der Waals surface area (Å²) in [6, 6.07) is 0. The summed E-state index contributed by atoms with van der Waals surface area (Å²) < 4.78 is 1.61. The summed E-state index contributed by atoms with van der Waals surface area (Å²) in [7, 11) is 1.80. The van der Waals surface area contributed by atoms with Gasteiger partial charge in [-0.25, -0.2) is 0 Å². The van der Waals surface area contributed by atoms with Crippen molar-refractivity contribution in [3.05, 3.63) is 16.4 Å². The Labute approximate surface area is 131 Å². The van der Waals surface area contributed by atoms with Crippen molar-refractivity contribution in [1.82, 2.24) is 14.7 Å².